The maximum Gasteiger partial charge on any atom is 0.223 e. The first kappa shape index (κ1) is 19.3. The Morgan fingerprint density at radius 3 is 2.59 bits per heavy atom. The van der Waals surface area contributed by atoms with Crippen molar-refractivity contribution in [2.45, 2.75) is 18.7 Å². The van der Waals surface area contributed by atoms with Gasteiger partial charge in [-0.15, -0.1) is 11.8 Å². The van der Waals surface area contributed by atoms with Crippen molar-refractivity contribution in [1.82, 2.24) is 3.96 Å². The molecule has 0 aliphatic heterocycles. The molecule has 1 heterocycles. The predicted octanol–water partition coefficient (Wildman–Crippen LogP) is 5.11. The van der Waals surface area contributed by atoms with Gasteiger partial charge in [0.05, 0.1) is 12.3 Å². The molecule has 0 unspecified atom stereocenters. The van der Waals surface area contributed by atoms with E-state index < -0.39 is 0 Å². The quantitative estimate of drug-likeness (QED) is 0.357. The van der Waals surface area contributed by atoms with Crippen molar-refractivity contribution in [3.63, 3.8) is 0 Å². The Kier molecular flexibility index (Phi) is 6.36. The number of rotatable bonds is 5. The molecule has 0 saturated heterocycles. The second-order valence-electron chi connectivity index (χ2n) is 5.72. The van der Waals surface area contributed by atoms with Crippen LogP contribution in [0, 0.1) is 12.3 Å². The van der Waals surface area contributed by atoms with Crippen LogP contribution in [0.2, 0.25) is 0 Å². The molecule has 2 aromatic carbocycles. The third-order valence-corrected chi connectivity index (χ3v) is 5.46. The first-order chi connectivity index (χ1) is 13.1. The molecular formula is C20H22N4OS2. The Hall–Kier alpha value is -2.51. The summed E-state index contributed by atoms with van der Waals surface area (Å²) in [4.78, 5) is 6.98. The van der Waals surface area contributed by atoms with Crippen molar-refractivity contribution in [1.29, 1.82) is 5.41 Å². The van der Waals surface area contributed by atoms with Gasteiger partial charge in [-0.1, -0.05) is 23.7 Å². The molecule has 7 heteroatoms. The van der Waals surface area contributed by atoms with Gasteiger partial charge in [-0.3, -0.25) is 5.41 Å². The molecule has 3 aromatic rings. The lowest BCUT2D eigenvalue weighted by Gasteiger charge is -2.12. The second kappa shape index (κ2) is 8.92. The molecule has 0 bridgehead atoms. The fourth-order valence-corrected chi connectivity index (χ4v) is 3.83. The van der Waals surface area contributed by atoms with Crippen molar-refractivity contribution in [3.05, 3.63) is 65.0 Å². The van der Waals surface area contributed by atoms with Crippen molar-refractivity contribution < 1.29 is 4.74 Å². The van der Waals surface area contributed by atoms with Crippen molar-refractivity contribution in [3.8, 4) is 5.75 Å². The lowest BCUT2D eigenvalue weighted by atomic mass is 10.3. The summed E-state index contributed by atoms with van der Waals surface area (Å²) in [5.41, 5.74) is 2.16. The van der Waals surface area contributed by atoms with Crippen LogP contribution in [0.3, 0.4) is 0 Å². The van der Waals surface area contributed by atoms with Gasteiger partial charge in [0.25, 0.3) is 0 Å². The van der Waals surface area contributed by atoms with Crippen LogP contribution in [0.4, 0.5) is 11.4 Å². The molecule has 27 heavy (non-hydrogen) atoms. The highest BCUT2D eigenvalue weighted by Gasteiger charge is 2.10. The fourth-order valence-electron chi connectivity index (χ4n) is 2.52. The molecule has 5 nitrogen and oxygen atoms in total. The number of nitrogens with zero attached hydrogens (tertiary/aromatic N) is 2. The molecule has 0 spiro atoms. The summed E-state index contributed by atoms with van der Waals surface area (Å²) in [6.07, 6.45) is 2.03. The SMILES string of the molecule is CCOc1ccc(NC(=Nc2ccccc2SC)n2sc(C)cc2=N)cc1. The van der Waals surface area contributed by atoms with Crippen LogP contribution >= 0.6 is 23.3 Å². The summed E-state index contributed by atoms with van der Waals surface area (Å²) in [5.74, 6) is 1.43. The van der Waals surface area contributed by atoms with E-state index in [4.69, 9.17) is 15.1 Å². The van der Waals surface area contributed by atoms with Crippen molar-refractivity contribution in [2.24, 2.45) is 4.99 Å². The molecule has 2 N–H and O–H groups in total. The normalized spacial score (nSPS) is 11.4. The number of ether oxygens (including phenoxy) is 1. The highest BCUT2D eigenvalue weighted by molar-refractivity contribution is 7.98. The molecule has 0 aliphatic rings. The van der Waals surface area contributed by atoms with E-state index in [2.05, 4.69) is 5.32 Å². The number of anilines is 1. The predicted molar refractivity (Wildman–Crippen MR) is 115 cm³/mol. The lowest BCUT2D eigenvalue weighted by molar-refractivity contribution is 0.340. The summed E-state index contributed by atoms with van der Waals surface area (Å²) < 4.78 is 7.30. The van der Waals surface area contributed by atoms with E-state index >= 15 is 0 Å². The van der Waals surface area contributed by atoms with E-state index in [1.807, 2.05) is 74.7 Å². The monoisotopic (exact) mass is 398 g/mol. The molecular weight excluding hydrogens is 376 g/mol. The van der Waals surface area contributed by atoms with Crippen LogP contribution in [0.1, 0.15) is 11.8 Å². The summed E-state index contributed by atoms with van der Waals surface area (Å²) in [6.45, 7) is 4.59. The van der Waals surface area contributed by atoms with Gasteiger partial charge < -0.3 is 10.1 Å². The second-order valence-corrected chi connectivity index (χ2v) is 7.76. The minimum absolute atomic E-state index is 0.399. The highest BCUT2D eigenvalue weighted by Crippen LogP contribution is 2.28. The molecule has 0 aliphatic carbocycles. The third kappa shape index (κ3) is 4.81. The largest absolute Gasteiger partial charge is 0.494 e. The average molecular weight is 399 g/mol. The van der Waals surface area contributed by atoms with Gasteiger partial charge in [0, 0.05) is 15.5 Å². The van der Waals surface area contributed by atoms with Gasteiger partial charge in [-0.25, -0.2) is 8.95 Å². The molecule has 0 fully saturated rings. The molecule has 1 aromatic heterocycles. The third-order valence-electron chi connectivity index (χ3n) is 3.72. The average Bonchev–Trinajstić information content (AvgIpc) is 3.01. The van der Waals surface area contributed by atoms with E-state index in [0.717, 1.165) is 26.9 Å². The summed E-state index contributed by atoms with van der Waals surface area (Å²) >= 11 is 3.14. The number of benzene rings is 2. The number of thioether (sulfide) groups is 1. The zero-order valence-electron chi connectivity index (χ0n) is 15.5. The Bertz CT molecular complexity index is 990. The topological polar surface area (TPSA) is 62.4 Å². The van der Waals surface area contributed by atoms with Crippen LogP contribution in [-0.4, -0.2) is 22.8 Å². The summed E-state index contributed by atoms with van der Waals surface area (Å²) in [5, 5.41) is 11.6. The lowest BCUT2D eigenvalue weighted by Crippen LogP contribution is -2.28. The number of aryl methyl sites for hydroxylation is 1. The zero-order valence-corrected chi connectivity index (χ0v) is 17.2. The van der Waals surface area contributed by atoms with E-state index in [1.165, 1.54) is 11.5 Å². The number of hydrogen-bond donors (Lipinski definition) is 2. The Balaban J connectivity index is 2.01. The first-order valence-corrected chi connectivity index (χ1v) is 10.6. The number of aliphatic imine (C=N–C) groups is 1. The molecule has 0 radical (unpaired) electrons. The van der Waals surface area contributed by atoms with Gasteiger partial charge in [-0.2, -0.15) is 0 Å². The highest BCUT2D eigenvalue weighted by atomic mass is 32.2. The van der Waals surface area contributed by atoms with Crippen molar-refractivity contribution in [2.75, 3.05) is 18.2 Å². The van der Waals surface area contributed by atoms with Gasteiger partial charge in [0.15, 0.2) is 0 Å². The minimum Gasteiger partial charge on any atom is -0.494 e. The number of hydrogen-bond acceptors (Lipinski definition) is 5. The smallest absolute Gasteiger partial charge is 0.223 e. The van der Waals surface area contributed by atoms with E-state index in [0.29, 0.717) is 18.1 Å². The summed E-state index contributed by atoms with van der Waals surface area (Å²) in [6, 6.07) is 17.6. The van der Waals surface area contributed by atoms with Crippen LogP contribution in [0.15, 0.2) is 64.5 Å². The van der Waals surface area contributed by atoms with E-state index in [1.54, 1.807) is 15.7 Å². The molecule has 0 saturated carbocycles. The minimum atomic E-state index is 0.399. The van der Waals surface area contributed by atoms with Crippen LogP contribution in [0.25, 0.3) is 0 Å². The van der Waals surface area contributed by atoms with Crippen LogP contribution < -0.4 is 15.5 Å². The maximum atomic E-state index is 8.27. The molecule has 0 atom stereocenters. The Morgan fingerprint density at radius 2 is 1.96 bits per heavy atom. The number of nitrogens with one attached hydrogen (secondary N) is 2. The molecule has 3 rings (SSSR count). The van der Waals surface area contributed by atoms with Gasteiger partial charge in [0.2, 0.25) is 5.96 Å². The maximum absolute atomic E-state index is 8.27. The van der Waals surface area contributed by atoms with Gasteiger partial charge in [0.1, 0.15) is 11.2 Å². The zero-order chi connectivity index (χ0) is 19.2. The van der Waals surface area contributed by atoms with Gasteiger partial charge in [-0.05, 0) is 62.6 Å². The van der Waals surface area contributed by atoms with Crippen LogP contribution in [-0.2, 0) is 0 Å². The number of aromatic nitrogens is 1. The van der Waals surface area contributed by atoms with E-state index in [-0.39, 0.29) is 0 Å². The van der Waals surface area contributed by atoms with Crippen molar-refractivity contribution >= 4 is 40.6 Å². The number of para-hydroxylation sites is 1. The first-order valence-electron chi connectivity index (χ1n) is 8.57. The fraction of sp³-hybridized carbons (Fsp3) is 0.200. The Labute approximate surface area is 167 Å². The Morgan fingerprint density at radius 1 is 1.22 bits per heavy atom. The standard InChI is InChI=1S/C20H22N4OS2/c1-4-25-16-11-9-15(10-12-16)22-20(24-19(21)13-14(2)27-24)23-17-7-5-6-8-18(17)26-3/h5-13,21H,4H2,1-3H3,(H,22,23). The van der Waals surface area contributed by atoms with Gasteiger partial charge >= 0.3 is 0 Å². The summed E-state index contributed by atoms with van der Waals surface area (Å²) in [7, 11) is 0. The van der Waals surface area contributed by atoms with E-state index in [9.17, 15) is 0 Å². The van der Waals surface area contributed by atoms with Crippen LogP contribution in [0.5, 0.6) is 5.75 Å². The molecule has 140 valence electrons. The molecule has 0 amide bonds.